The lowest BCUT2D eigenvalue weighted by Gasteiger charge is -2.05. The second kappa shape index (κ2) is 5.93. The third kappa shape index (κ3) is 2.44. The van der Waals surface area contributed by atoms with Crippen LogP contribution in [0.15, 0.2) is 47.0 Å². The van der Waals surface area contributed by atoms with Gasteiger partial charge in [0.1, 0.15) is 0 Å². The van der Waals surface area contributed by atoms with Crippen LogP contribution >= 0.6 is 0 Å². The van der Waals surface area contributed by atoms with Gasteiger partial charge >= 0.3 is 0 Å². The van der Waals surface area contributed by atoms with Crippen molar-refractivity contribution in [3.05, 3.63) is 59.6 Å². The van der Waals surface area contributed by atoms with E-state index in [1.165, 1.54) is 0 Å². The monoisotopic (exact) mass is 306 g/mol. The molecule has 1 atom stereocenters. The number of Topliss-reactive ketones (excluding diaryl/α,β-unsaturated/α-hetero) is 1. The molecule has 0 spiro atoms. The number of benzene rings is 1. The van der Waals surface area contributed by atoms with Crippen LogP contribution in [0.1, 0.15) is 27.7 Å². The van der Waals surface area contributed by atoms with Crippen molar-refractivity contribution in [2.75, 3.05) is 7.11 Å². The zero-order valence-corrected chi connectivity index (χ0v) is 12.7. The predicted molar refractivity (Wildman–Crippen MR) is 84.4 cm³/mol. The Bertz CT molecular complexity index is 907. The van der Waals surface area contributed by atoms with Crippen LogP contribution in [-0.2, 0) is 0 Å². The molecule has 0 fully saturated rings. The molecule has 0 unspecified atom stereocenters. The summed E-state index contributed by atoms with van der Waals surface area (Å²) in [5.41, 5.74) is 1.61. The van der Waals surface area contributed by atoms with Crippen molar-refractivity contribution < 1.29 is 13.9 Å². The number of pyridine rings is 1. The van der Waals surface area contributed by atoms with Crippen LogP contribution in [0.3, 0.4) is 0 Å². The van der Waals surface area contributed by atoms with Gasteiger partial charge in [-0.3, -0.25) is 9.78 Å². The molecule has 3 rings (SSSR count). The van der Waals surface area contributed by atoms with E-state index in [1.54, 1.807) is 44.5 Å². The van der Waals surface area contributed by atoms with Crippen LogP contribution < -0.4 is 4.74 Å². The number of hydrogen-bond acceptors (Lipinski definition) is 5. The van der Waals surface area contributed by atoms with Crippen molar-refractivity contribution in [3.63, 3.8) is 0 Å². The number of carbonyl (C=O) groups is 1. The number of aromatic nitrogens is 1. The van der Waals surface area contributed by atoms with E-state index in [2.05, 4.69) is 4.98 Å². The molecule has 2 aromatic heterocycles. The quantitative estimate of drug-likeness (QED) is 0.688. The molecule has 0 aliphatic rings. The third-order valence-corrected chi connectivity index (χ3v) is 3.75. The zero-order chi connectivity index (χ0) is 16.4. The molecule has 0 aliphatic carbocycles. The first-order chi connectivity index (χ1) is 11.2. The normalized spacial score (nSPS) is 11.9. The Balaban J connectivity index is 2.11. The number of nitriles is 1. The van der Waals surface area contributed by atoms with Crippen molar-refractivity contribution in [1.29, 1.82) is 5.26 Å². The standard InChI is InChI=1S/C18H14N2O3/c1-11-12-6-5-8-15(22-2)18(12)23-17(11)16(21)13(10-19)14-7-3-4-9-20-14/h3-9,13H,1-2H3/t13-/m1/s1. The van der Waals surface area contributed by atoms with Crippen molar-refractivity contribution in [1.82, 2.24) is 4.98 Å². The van der Waals surface area contributed by atoms with Crippen LogP contribution in [0, 0.1) is 18.3 Å². The molecule has 0 saturated carbocycles. The Kier molecular flexibility index (Phi) is 3.82. The van der Waals surface area contributed by atoms with Crippen LogP contribution in [0.5, 0.6) is 5.75 Å². The van der Waals surface area contributed by atoms with Crippen molar-refractivity contribution in [2.45, 2.75) is 12.8 Å². The Hall–Kier alpha value is -3.13. The van der Waals surface area contributed by atoms with E-state index in [0.717, 1.165) is 5.39 Å². The van der Waals surface area contributed by atoms with Crippen molar-refractivity contribution >= 4 is 16.8 Å². The summed E-state index contributed by atoms with van der Waals surface area (Å²) in [4.78, 5) is 16.9. The van der Waals surface area contributed by atoms with Crippen molar-refractivity contribution in [2.24, 2.45) is 0 Å². The molecule has 114 valence electrons. The summed E-state index contributed by atoms with van der Waals surface area (Å²) in [6.07, 6.45) is 1.56. The number of methoxy groups -OCH3 is 1. The number of rotatable bonds is 4. The third-order valence-electron chi connectivity index (χ3n) is 3.75. The number of carbonyl (C=O) groups excluding carboxylic acids is 1. The highest BCUT2D eigenvalue weighted by Gasteiger charge is 2.28. The molecular formula is C18H14N2O3. The average molecular weight is 306 g/mol. The van der Waals surface area contributed by atoms with E-state index >= 15 is 0 Å². The highest BCUT2D eigenvalue weighted by molar-refractivity contribution is 6.05. The zero-order valence-electron chi connectivity index (χ0n) is 12.7. The first-order valence-electron chi connectivity index (χ1n) is 7.08. The number of hydrogen-bond donors (Lipinski definition) is 0. The number of furan rings is 1. The summed E-state index contributed by atoms with van der Waals surface area (Å²) in [5.74, 6) is -0.680. The van der Waals surface area contributed by atoms with Gasteiger partial charge in [0, 0.05) is 17.1 Å². The van der Waals surface area contributed by atoms with Gasteiger partial charge in [0.2, 0.25) is 5.78 Å². The van der Waals surface area contributed by atoms with E-state index in [4.69, 9.17) is 9.15 Å². The second-order valence-electron chi connectivity index (χ2n) is 5.07. The average Bonchev–Trinajstić information content (AvgIpc) is 2.93. The van der Waals surface area contributed by atoms with Gasteiger partial charge in [0.15, 0.2) is 23.0 Å². The smallest absolute Gasteiger partial charge is 0.221 e. The minimum atomic E-state index is -0.999. The van der Waals surface area contributed by atoms with Gasteiger partial charge < -0.3 is 9.15 Å². The molecule has 2 heterocycles. The van der Waals surface area contributed by atoms with Gasteiger partial charge in [0.25, 0.3) is 0 Å². The Labute approximate surface area is 133 Å². The molecule has 23 heavy (non-hydrogen) atoms. The molecule has 0 bridgehead atoms. The minimum absolute atomic E-state index is 0.168. The van der Waals surface area contributed by atoms with Gasteiger partial charge in [-0.2, -0.15) is 5.26 Å². The van der Waals surface area contributed by atoms with E-state index in [9.17, 15) is 10.1 Å². The van der Waals surface area contributed by atoms with Crippen LogP contribution in [-0.4, -0.2) is 17.9 Å². The fourth-order valence-corrected chi connectivity index (χ4v) is 2.55. The van der Waals surface area contributed by atoms with Crippen LogP contribution in [0.4, 0.5) is 0 Å². The Morgan fingerprint density at radius 3 is 2.78 bits per heavy atom. The first kappa shape index (κ1) is 14.8. The number of para-hydroxylation sites is 1. The Morgan fingerprint density at radius 1 is 1.30 bits per heavy atom. The number of ketones is 1. The summed E-state index contributed by atoms with van der Waals surface area (Å²) < 4.78 is 11.0. The number of nitrogens with zero attached hydrogens (tertiary/aromatic N) is 2. The number of fused-ring (bicyclic) bond motifs is 1. The fraction of sp³-hybridized carbons (Fsp3) is 0.167. The fourth-order valence-electron chi connectivity index (χ4n) is 2.55. The lowest BCUT2D eigenvalue weighted by atomic mass is 9.97. The topological polar surface area (TPSA) is 76.1 Å². The predicted octanol–water partition coefficient (Wildman–Crippen LogP) is 3.63. The Morgan fingerprint density at radius 2 is 2.13 bits per heavy atom. The molecule has 0 aliphatic heterocycles. The maximum Gasteiger partial charge on any atom is 0.221 e. The summed E-state index contributed by atoms with van der Waals surface area (Å²) in [7, 11) is 1.54. The van der Waals surface area contributed by atoms with Gasteiger partial charge in [-0.25, -0.2) is 0 Å². The maximum absolute atomic E-state index is 12.8. The van der Waals surface area contributed by atoms with Crippen LogP contribution in [0.2, 0.25) is 0 Å². The largest absolute Gasteiger partial charge is 0.493 e. The minimum Gasteiger partial charge on any atom is -0.493 e. The van der Waals surface area contributed by atoms with E-state index in [-0.39, 0.29) is 5.76 Å². The lowest BCUT2D eigenvalue weighted by molar-refractivity contribution is 0.0951. The number of ether oxygens (including phenoxy) is 1. The highest BCUT2D eigenvalue weighted by atomic mass is 16.5. The summed E-state index contributed by atoms with van der Waals surface area (Å²) in [6, 6.07) is 12.6. The van der Waals surface area contributed by atoms with Crippen LogP contribution in [0.25, 0.3) is 11.0 Å². The van der Waals surface area contributed by atoms with Gasteiger partial charge in [-0.1, -0.05) is 18.2 Å². The molecule has 0 saturated heterocycles. The van der Waals surface area contributed by atoms with Gasteiger partial charge in [-0.05, 0) is 25.1 Å². The first-order valence-corrected chi connectivity index (χ1v) is 7.08. The molecule has 5 heteroatoms. The molecular weight excluding hydrogens is 292 g/mol. The van der Waals surface area contributed by atoms with Crippen molar-refractivity contribution in [3.8, 4) is 11.8 Å². The summed E-state index contributed by atoms with van der Waals surface area (Å²) >= 11 is 0. The molecule has 0 radical (unpaired) electrons. The van der Waals surface area contributed by atoms with E-state index < -0.39 is 11.7 Å². The molecule has 3 aromatic rings. The maximum atomic E-state index is 12.8. The van der Waals surface area contributed by atoms with Gasteiger partial charge in [-0.15, -0.1) is 0 Å². The molecule has 0 N–H and O–H groups in total. The summed E-state index contributed by atoms with van der Waals surface area (Å²) in [5, 5.41) is 10.2. The second-order valence-corrected chi connectivity index (χ2v) is 5.07. The van der Waals surface area contributed by atoms with Gasteiger partial charge in [0.05, 0.1) is 18.9 Å². The van der Waals surface area contributed by atoms with E-state index in [1.807, 2.05) is 18.2 Å². The van der Waals surface area contributed by atoms with E-state index in [0.29, 0.717) is 22.6 Å². The SMILES string of the molecule is COc1cccc2c(C)c(C(=O)[C@H](C#N)c3ccccn3)oc12. The highest BCUT2D eigenvalue weighted by Crippen LogP contribution is 2.34. The number of aryl methyl sites for hydroxylation is 1. The summed E-state index contributed by atoms with van der Waals surface area (Å²) in [6.45, 7) is 1.80. The molecule has 5 nitrogen and oxygen atoms in total. The molecule has 1 aromatic carbocycles. The molecule has 0 amide bonds. The lowest BCUT2D eigenvalue weighted by Crippen LogP contribution is -2.12.